The van der Waals surface area contributed by atoms with Crippen molar-refractivity contribution in [3.05, 3.63) is 82.9 Å². The summed E-state index contributed by atoms with van der Waals surface area (Å²) < 4.78 is 41.9. The van der Waals surface area contributed by atoms with Gasteiger partial charge in [0.15, 0.2) is 0 Å². The first-order valence-electron chi connectivity index (χ1n) is 11.2. The quantitative estimate of drug-likeness (QED) is 0.486. The number of nitrogens with zero attached hydrogens (tertiary/aromatic N) is 4. The Hall–Kier alpha value is -3.43. The van der Waals surface area contributed by atoms with Crippen molar-refractivity contribution in [2.45, 2.75) is 12.7 Å². The molecular weight excluding hydrogens is 443 g/mol. The predicted molar refractivity (Wildman–Crippen MR) is 125 cm³/mol. The van der Waals surface area contributed by atoms with Gasteiger partial charge >= 0.3 is 6.18 Å². The maximum Gasteiger partial charge on any atom is 0.416 e. The zero-order chi connectivity index (χ0) is 23.7. The standard InChI is InChI=1S/C25H24F3N5O/c26-25(27,28)21-3-1-18(2-4-21)19-7-10-32(24(34)16-19)22-5-6-23-20(15-22)17-30-33(23)14-13-31-11-8-29-9-12-31/h1-7,10,15-17,29H,8-9,11-14H2. The molecule has 5 rings (SSSR count). The van der Waals surface area contributed by atoms with E-state index in [1.54, 1.807) is 18.5 Å². The minimum Gasteiger partial charge on any atom is -0.314 e. The van der Waals surface area contributed by atoms with Crippen LogP contribution in [0.5, 0.6) is 0 Å². The summed E-state index contributed by atoms with van der Waals surface area (Å²) >= 11 is 0. The summed E-state index contributed by atoms with van der Waals surface area (Å²) in [6.45, 7) is 5.82. The van der Waals surface area contributed by atoms with E-state index < -0.39 is 11.7 Å². The number of hydrogen-bond donors (Lipinski definition) is 1. The number of benzene rings is 2. The van der Waals surface area contributed by atoms with Crippen molar-refractivity contribution < 1.29 is 13.2 Å². The number of hydrogen-bond acceptors (Lipinski definition) is 4. The van der Waals surface area contributed by atoms with E-state index in [1.807, 2.05) is 22.9 Å². The van der Waals surface area contributed by atoms with Gasteiger partial charge in [0.2, 0.25) is 0 Å². The average molecular weight is 467 g/mol. The van der Waals surface area contributed by atoms with Crippen LogP contribution in [-0.4, -0.2) is 52.0 Å². The molecule has 0 radical (unpaired) electrons. The van der Waals surface area contributed by atoms with Crippen molar-refractivity contribution in [2.75, 3.05) is 32.7 Å². The molecule has 1 N–H and O–H groups in total. The molecule has 0 atom stereocenters. The molecule has 4 aromatic rings. The van der Waals surface area contributed by atoms with Crippen molar-refractivity contribution in [1.82, 2.24) is 24.6 Å². The summed E-state index contributed by atoms with van der Waals surface area (Å²) in [6.07, 6.45) is -0.942. The molecular formula is C25H24F3N5O. The van der Waals surface area contributed by atoms with Crippen LogP contribution < -0.4 is 10.9 Å². The fourth-order valence-corrected chi connectivity index (χ4v) is 4.30. The van der Waals surface area contributed by atoms with Crippen LogP contribution in [0.15, 0.2) is 71.8 Å². The fraction of sp³-hybridized carbons (Fsp3) is 0.280. The van der Waals surface area contributed by atoms with Gasteiger partial charge in [-0.15, -0.1) is 0 Å². The molecule has 34 heavy (non-hydrogen) atoms. The molecule has 0 saturated carbocycles. The van der Waals surface area contributed by atoms with Gasteiger partial charge < -0.3 is 5.32 Å². The first kappa shape index (κ1) is 22.4. The van der Waals surface area contributed by atoms with Crippen molar-refractivity contribution >= 4 is 10.9 Å². The Labute approximate surface area is 194 Å². The highest BCUT2D eigenvalue weighted by atomic mass is 19.4. The van der Waals surface area contributed by atoms with Crippen LogP contribution in [-0.2, 0) is 12.7 Å². The Bertz CT molecular complexity index is 1350. The Morgan fingerprint density at radius 1 is 0.912 bits per heavy atom. The van der Waals surface area contributed by atoms with Crippen LogP contribution in [0.1, 0.15) is 5.56 Å². The summed E-state index contributed by atoms with van der Waals surface area (Å²) in [4.78, 5) is 15.2. The monoisotopic (exact) mass is 467 g/mol. The van der Waals surface area contributed by atoms with E-state index in [1.165, 1.54) is 22.8 Å². The summed E-state index contributed by atoms with van der Waals surface area (Å²) in [5, 5.41) is 8.81. The topological polar surface area (TPSA) is 55.1 Å². The van der Waals surface area contributed by atoms with Gasteiger partial charge in [0.1, 0.15) is 0 Å². The lowest BCUT2D eigenvalue weighted by Crippen LogP contribution is -2.44. The lowest BCUT2D eigenvalue weighted by Gasteiger charge is -2.27. The fourth-order valence-electron chi connectivity index (χ4n) is 4.30. The largest absolute Gasteiger partial charge is 0.416 e. The third kappa shape index (κ3) is 4.62. The maximum absolute atomic E-state index is 12.8. The molecule has 1 saturated heterocycles. The molecule has 0 amide bonds. The van der Waals surface area contributed by atoms with Crippen LogP contribution in [0.2, 0.25) is 0 Å². The van der Waals surface area contributed by atoms with Gasteiger partial charge in [-0.05, 0) is 47.5 Å². The zero-order valence-corrected chi connectivity index (χ0v) is 18.4. The maximum atomic E-state index is 12.8. The van der Waals surface area contributed by atoms with E-state index >= 15 is 0 Å². The van der Waals surface area contributed by atoms with Crippen LogP contribution in [0.4, 0.5) is 13.2 Å². The van der Waals surface area contributed by atoms with Gasteiger partial charge in [-0.1, -0.05) is 12.1 Å². The highest BCUT2D eigenvalue weighted by molar-refractivity contribution is 5.81. The Balaban J connectivity index is 1.35. The third-order valence-corrected chi connectivity index (χ3v) is 6.21. The average Bonchev–Trinajstić information content (AvgIpc) is 3.25. The van der Waals surface area contributed by atoms with Crippen LogP contribution in [0.25, 0.3) is 27.7 Å². The van der Waals surface area contributed by atoms with Crippen molar-refractivity contribution in [3.8, 4) is 16.8 Å². The highest BCUT2D eigenvalue weighted by Crippen LogP contribution is 2.30. The van der Waals surface area contributed by atoms with Crippen LogP contribution >= 0.6 is 0 Å². The first-order valence-corrected chi connectivity index (χ1v) is 11.2. The van der Waals surface area contributed by atoms with Gasteiger partial charge in [0.05, 0.1) is 23.8 Å². The molecule has 3 heterocycles. The van der Waals surface area contributed by atoms with Gasteiger partial charge in [0.25, 0.3) is 5.56 Å². The van der Waals surface area contributed by atoms with Crippen molar-refractivity contribution in [2.24, 2.45) is 0 Å². The number of piperazine rings is 1. The van der Waals surface area contributed by atoms with Gasteiger partial charge in [-0.2, -0.15) is 18.3 Å². The van der Waals surface area contributed by atoms with Gasteiger partial charge in [0, 0.05) is 56.1 Å². The molecule has 1 aliphatic rings. The minimum atomic E-state index is -4.39. The molecule has 1 aliphatic heterocycles. The number of rotatable bonds is 5. The third-order valence-electron chi connectivity index (χ3n) is 6.21. The van der Waals surface area contributed by atoms with Crippen LogP contribution in [0, 0.1) is 0 Å². The van der Waals surface area contributed by atoms with E-state index in [-0.39, 0.29) is 5.56 Å². The Morgan fingerprint density at radius 2 is 1.68 bits per heavy atom. The van der Waals surface area contributed by atoms with E-state index in [4.69, 9.17) is 0 Å². The molecule has 0 spiro atoms. The van der Waals surface area contributed by atoms with E-state index in [9.17, 15) is 18.0 Å². The number of fused-ring (bicyclic) bond motifs is 1. The molecule has 2 aromatic heterocycles. The molecule has 0 aliphatic carbocycles. The number of pyridine rings is 1. The van der Waals surface area contributed by atoms with E-state index in [2.05, 4.69) is 15.3 Å². The van der Waals surface area contributed by atoms with Crippen molar-refractivity contribution in [3.63, 3.8) is 0 Å². The van der Waals surface area contributed by atoms with Crippen molar-refractivity contribution in [1.29, 1.82) is 0 Å². The highest BCUT2D eigenvalue weighted by Gasteiger charge is 2.30. The van der Waals surface area contributed by atoms with Gasteiger partial charge in [-0.3, -0.25) is 18.9 Å². The first-order chi connectivity index (χ1) is 16.4. The lowest BCUT2D eigenvalue weighted by molar-refractivity contribution is -0.137. The summed E-state index contributed by atoms with van der Waals surface area (Å²) in [5.41, 5.74) is 1.86. The molecule has 0 bridgehead atoms. The number of alkyl halides is 3. The van der Waals surface area contributed by atoms with Gasteiger partial charge in [-0.25, -0.2) is 0 Å². The summed E-state index contributed by atoms with van der Waals surface area (Å²) in [5.74, 6) is 0. The normalized spacial score (nSPS) is 15.1. The molecule has 1 fully saturated rings. The Kier molecular flexibility index (Phi) is 5.97. The van der Waals surface area contributed by atoms with E-state index in [0.29, 0.717) is 16.8 Å². The molecule has 9 heteroatoms. The molecule has 2 aromatic carbocycles. The minimum absolute atomic E-state index is 0.261. The lowest BCUT2D eigenvalue weighted by atomic mass is 10.0. The zero-order valence-electron chi connectivity index (χ0n) is 18.4. The molecule has 176 valence electrons. The SMILES string of the molecule is O=c1cc(-c2ccc(C(F)(F)F)cc2)ccn1-c1ccc2c(cnn2CCN2CCNCC2)c1. The Morgan fingerprint density at radius 3 is 2.38 bits per heavy atom. The molecule has 6 nitrogen and oxygen atoms in total. The predicted octanol–water partition coefficient (Wildman–Crippen LogP) is 3.78. The van der Waals surface area contributed by atoms with Crippen LogP contribution in [0.3, 0.4) is 0 Å². The summed E-state index contributed by atoms with van der Waals surface area (Å²) in [7, 11) is 0. The number of halogens is 3. The number of aromatic nitrogens is 3. The smallest absolute Gasteiger partial charge is 0.314 e. The number of nitrogens with one attached hydrogen (secondary N) is 1. The molecule has 0 unspecified atom stereocenters. The summed E-state index contributed by atoms with van der Waals surface area (Å²) in [6, 6.07) is 13.7. The van der Waals surface area contributed by atoms with E-state index in [0.717, 1.165) is 62.3 Å². The second-order valence-electron chi connectivity index (χ2n) is 8.40. The second-order valence-corrected chi connectivity index (χ2v) is 8.40. The second kappa shape index (κ2) is 9.08.